The van der Waals surface area contributed by atoms with Crippen molar-refractivity contribution in [2.24, 2.45) is 0 Å². The lowest BCUT2D eigenvalue weighted by molar-refractivity contribution is 0.0892. The lowest BCUT2D eigenvalue weighted by atomic mass is 10.2. The molecular weight excluding hydrogens is 264 g/mol. The van der Waals surface area contributed by atoms with Gasteiger partial charge in [0, 0.05) is 39.4 Å². The molecule has 3 rings (SSSR count). The van der Waals surface area contributed by atoms with E-state index in [0.717, 1.165) is 13.2 Å². The second-order valence-electron chi connectivity index (χ2n) is 6.88. The van der Waals surface area contributed by atoms with Crippen molar-refractivity contribution < 1.29 is 9.47 Å². The zero-order valence-electron chi connectivity index (χ0n) is 13.5. The lowest BCUT2D eigenvalue weighted by Gasteiger charge is -2.23. The average Bonchev–Trinajstić information content (AvgIpc) is 3.15. The van der Waals surface area contributed by atoms with E-state index in [9.17, 15) is 0 Å². The lowest BCUT2D eigenvalue weighted by Crippen LogP contribution is -2.33. The zero-order valence-corrected chi connectivity index (χ0v) is 13.5. The third-order valence-corrected chi connectivity index (χ3v) is 5.26. The van der Waals surface area contributed by atoms with Crippen molar-refractivity contribution in [1.29, 1.82) is 0 Å². The molecule has 0 aromatic heterocycles. The number of ether oxygens (including phenoxy) is 2. The van der Waals surface area contributed by atoms with Crippen molar-refractivity contribution in [3.8, 4) is 0 Å². The Labute approximate surface area is 129 Å². The fourth-order valence-corrected chi connectivity index (χ4v) is 3.87. The van der Waals surface area contributed by atoms with E-state index in [1.807, 2.05) is 0 Å². The molecule has 3 aliphatic heterocycles. The van der Waals surface area contributed by atoms with Crippen molar-refractivity contribution in [2.75, 3.05) is 52.5 Å². The summed E-state index contributed by atoms with van der Waals surface area (Å²) in [5.41, 5.74) is 0. The smallest absolute Gasteiger partial charge is 0.0588 e. The Hall–Kier alpha value is -0.160. The summed E-state index contributed by atoms with van der Waals surface area (Å²) in [5, 5.41) is 0. The van der Waals surface area contributed by atoms with Gasteiger partial charge in [-0.05, 0) is 58.0 Å². The van der Waals surface area contributed by atoms with Gasteiger partial charge in [0.15, 0.2) is 0 Å². The van der Waals surface area contributed by atoms with Gasteiger partial charge in [-0.15, -0.1) is 0 Å². The Morgan fingerprint density at radius 1 is 0.667 bits per heavy atom. The van der Waals surface area contributed by atoms with Crippen molar-refractivity contribution in [3.05, 3.63) is 0 Å². The molecule has 21 heavy (non-hydrogen) atoms. The monoisotopic (exact) mass is 296 g/mol. The van der Waals surface area contributed by atoms with Crippen LogP contribution in [0, 0.1) is 0 Å². The Morgan fingerprint density at radius 3 is 1.62 bits per heavy atom. The highest BCUT2D eigenvalue weighted by atomic mass is 16.5. The van der Waals surface area contributed by atoms with E-state index in [4.69, 9.17) is 9.47 Å². The summed E-state index contributed by atoms with van der Waals surface area (Å²) in [6.07, 6.45) is 9.96. The van der Waals surface area contributed by atoms with E-state index in [1.54, 1.807) is 0 Å². The van der Waals surface area contributed by atoms with Crippen LogP contribution in [0.1, 0.15) is 44.9 Å². The van der Waals surface area contributed by atoms with Crippen molar-refractivity contribution in [3.63, 3.8) is 0 Å². The van der Waals surface area contributed by atoms with E-state index < -0.39 is 0 Å². The van der Waals surface area contributed by atoms with Crippen LogP contribution in [0.3, 0.4) is 0 Å². The third-order valence-electron chi connectivity index (χ3n) is 5.26. The number of hydrogen-bond donors (Lipinski definition) is 0. The molecule has 3 heterocycles. The van der Waals surface area contributed by atoms with Gasteiger partial charge < -0.3 is 19.3 Å². The van der Waals surface area contributed by atoms with Crippen LogP contribution >= 0.6 is 0 Å². The highest BCUT2D eigenvalue weighted by Gasteiger charge is 2.20. The summed E-state index contributed by atoms with van der Waals surface area (Å²) in [4.78, 5) is 5.29. The van der Waals surface area contributed by atoms with E-state index in [2.05, 4.69) is 9.80 Å². The molecule has 0 unspecified atom stereocenters. The van der Waals surface area contributed by atoms with Gasteiger partial charge in [0.2, 0.25) is 0 Å². The first kappa shape index (κ1) is 15.7. The molecule has 0 bridgehead atoms. The maximum absolute atomic E-state index is 5.74. The van der Waals surface area contributed by atoms with Crippen LogP contribution in [-0.4, -0.2) is 74.5 Å². The fraction of sp³-hybridized carbons (Fsp3) is 1.00. The molecule has 0 aliphatic carbocycles. The maximum atomic E-state index is 5.74. The van der Waals surface area contributed by atoms with Gasteiger partial charge in [-0.1, -0.05) is 0 Å². The molecule has 122 valence electrons. The fourth-order valence-electron chi connectivity index (χ4n) is 3.87. The summed E-state index contributed by atoms with van der Waals surface area (Å²) >= 11 is 0. The van der Waals surface area contributed by atoms with E-state index >= 15 is 0 Å². The van der Waals surface area contributed by atoms with Gasteiger partial charge in [0.1, 0.15) is 0 Å². The molecule has 3 saturated heterocycles. The topological polar surface area (TPSA) is 24.9 Å². The van der Waals surface area contributed by atoms with Crippen LogP contribution in [-0.2, 0) is 9.47 Å². The molecule has 0 saturated carbocycles. The molecule has 0 N–H and O–H groups in total. The first-order valence-electron chi connectivity index (χ1n) is 9.08. The Kier molecular flexibility index (Phi) is 6.34. The summed E-state index contributed by atoms with van der Waals surface area (Å²) in [6.45, 7) is 9.43. The third kappa shape index (κ3) is 5.20. The van der Waals surface area contributed by atoms with Crippen LogP contribution in [0.2, 0.25) is 0 Å². The number of hydrogen-bond acceptors (Lipinski definition) is 4. The standard InChI is InChI=1S/C17H32N2O2/c1-4-16(20-14-1)6-10-18-8-3-9-19(13-12-18)11-7-17-5-2-15-21-17/h16-17H,1-15H2/t16-,17-/m0/s1. The van der Waals surface area contributed by atoms with Crippen molar-refractivity contribution in [1.82, 2.24) is 9.80 Å². The Balaban J connectivity index is 1.31. The Morgan fingerprint density at radius 2 is 1.19 bits per heavy atom. The number of nitrogens with zero attached hydrogens (tertiary/aromatic N) is 2. The van der Waals surface area contributed by atoms with Crippen LogP contribution < -0.4 is 0 Å². The minimum Gasteiger partial charge on any atom is -0.378 e. The first-order chi connectivity index (χ1) is 10.4. The highest BCUT2D eigenvalue weighted by molar-refractivity contribution is 4.74. The largest absolute Gasteiger partial charge is 0.378 e. The molecule has 0 radical (unpaired) electrons. The van der Waals surface area contributed by atoms with Gasteiger partial charge in [-0.25, -0.2) is 0 Å². The minimum atomic E-state index is 0.545. The molecule has 0 aromatic carbocycles. The van der Waals surface area contributed by atoms with E-state index in [0.29, 0.717) is 12.2 Å². The Bertz CT molecular complexity index is 261. The first-order valence-corrected chi connectivity index (χ1v) is 9.08. The summed E-state index contributed by atoms with van der Waals surface area (Å²) in [7, 11) is 0. The number of rotatable bonds is 6. The molecule has 0 spiro atoms. The predicted octanol–water partition coefficient (Wildman–Crippen LogP) is 2.13. The van der Waals surface area contributed by atoms with Gasteiger partial charge in [-0.2, -0.15) is 0 Å². The van der Waals surface area contributed by atoms with Crippen LogP contribution in [0.4, 0.5) is 0 Å². The van der Waals surface area contributed by atoms with Crippen LogP contribution in [0.15, 0.2) is 0 Å². The average molecular weight is 296 g/mol. The second-order valence-corrected chi connectivity index (χ2v) is 6.88. The van der Waals surface area contributed by atoms with Gasteiger partial charge >= 0.3 is 0 Å². The van der Waals surface area contributed by atoms with Gasteiger partial charge in [0.05, 0.1) is 12.2 Å². The molecule has 0 amide bonds. The normalized spacial score (nSPS) is 32.6. The van der Waals surface area contributed by atoms with Crippen molar-refractivity contribution >= 4 is 0 Å². The van der Waals surface area contributed by atoms with Crippen LogP contribution in [0.5, 0.6) is 0 Å². The maximum Gasteiger partial charge on any atom is 0.0588 e. The van der Waals surface area contributed by atoms with Gasteiger partial charge in [-0.3, -0.25) is 0 Å². The predicted molar refractivity (Wildman–Crippen MR) is 84.7 cm³/mol. The minimum absolute atomic E-state index is 0.545. The highest BCUT2D eigenvalue weighted by Crippen LogP contribution is 2.18. The van der Waals surface area contributed by atoms with Crippen molar-refractivity contribution in [2.45, 2.75) is 57.2 Å². The second kappa shape index (κ2) is 8.47. The zero-order chi connectivity index (χ0) is 14.3. The molecule has 3 fully saturated rings. The summed E-state index contributed by atoms with van der Waals surface area (Å²) in [6, 6.07) is 0. The van der Waals surface area contributed by atoms with Gasteiger partial charge in [0.25, 0.3) is 0 Å². The molecule has 4 heteroatoms. The van der Waals surface area contributed by atoms with E-state index in [1.165, 1.54) is 84.2 Å². The van der Waals surface area contributed by atoms with Crippen LogP contribution in [0.25, 0.3) is 0 Å². The molecule has 2 atom stereocenters. The molecule has 0 aromatic rings. The molecule has 3 aliphatic rings. The molecular formula is C17H32N2O2. The summed E-state index contributed by atoms with van der Waals surface area (Å²) in [5.74, 6) is 0. The SMILES string of the molecule is C1CO[C@H](CCN2CCCN(CC[C@@H]3CCCO3)CC2)C1. The quantitative estimate of drug-likeness (QED) is 0.750. The summed E-state index contributed by atoms with van der Waals surface area (Å²) < 4.78 is 11.5. The molecule has 4 nitrogen and oxygen atoms in total. The van der Waals surface area contributed by atoms with E-state index in [-0.39, 0.29) is 0 Å².